The number of rotatable bonds is 6. The second kappa shape index (κ2) is 10.5. The van der Waals surface area contributed by atoms with E-state index in [4.69, 9.17) is 18.9 Å². The molecule has 0 radical (unpaired) electrons. The number of esters is 1. The van der Waals surface area contributed by atoms with Crippen LogP contribution in [0.3, 0.4) is 0 Å². The van der Waals surface area contributed by atoms with E-state index >= 15 is 0 Å². The van der Waals surface area contributed by atoms with Crippen molar-refractivity contribution in [2.45, 2.75) is 97.3 Å². The number of aromatic hydroxyl groups is 1. The molecule has 180 valence electrons. The fourth-order valence-electron chi connectivity index (χ4n) is 5.08. The van der Waals surface area contributed by atoms with Crippen molar-refractivity contribution in [1.82, 2.24) is 0 Å². The third-order valence-corrected chi connectivity index (χ3v) is 7.18. The Bertz CT molecular complexity index is 768. The van der Waals surface area contributed by atoms with E-state index in [0.717, 1.165) is 12.8 Å². The predicted molar refractivity (Wildman–Crippen MR) is 119 cm³/mol. The van der Waals surface area contributed by atoms with Gasteiger partial charge in [-0.3, -0.25) is 4.79 Å². The zero-order valence-electron chi connectivity index (χ0n) is 19.9. The van der Waals surface area contributed by atoms with Gasteiger partial charge in [0.25, 0.3) is 0 Å². The molecule has 0 spiro atoms. The maximum atomic E-state index is 11.8. The molecule has 0 aromatic heterocycles. The monoisotopic (exact) mass is 450 g/mol. The van der Waals surface area contributed by atoms with E-state index in [-0.39, 0.29) is 41.7 Å². The lowest BCUT2D eigenvalue weighted by atomic mass is 9.81. The SMILES string of the molecule is CC[C@H]1O[C@H](O[C@H]2[C@H](C)[C@@H](CC)O[C@H](c3cccc(O)c3)[C@H]2O)[C@@H](OC(C)=O)[C@@H](C)[C@@H]1C. The highest BCUT2D eigenvalue weighted by Gasteiger charge is 2.49. The average molecular weight is 451 g/mol. The highest BCUT2D eigenvalue weighted by molar-refractivity contribution is 5.66. The molecular formula is C25H38O7. The van der Waals surface area contributed by atoms with Crippen LogP contribution >= 0.6 is 0 Å². The van der Waals surface area contributed by atoms with E-state index in [2.05, 4.69) is 13.8 Å². The molecule has 0 bridgehead atoms. The molecule has 2 heterocycles. The Morgan fingerprint density at radius 3 is 2.25 bits per heavy atom. The largest absolute Gasteiger partial charge is 0.508 e. The van der Waals surface area contributed by atoms with Crippen LogP contribution in [0.25, 0.3) is 0 Å². The summed E-state index contributed by atoms with van der Waals surface area (Å²) in [4.78, 5) is 11.8. The van der Waals surface area contributed by atoms with Gasteiger partial charge in [-0.05, 0) is 36.5 Å². The van der Waals surface area contributed by atoms with Crippen LogP contribution in [0.2, 0.25) is 0 Å². The molecule has 7 heteroatoms. The summed E-state index contributed by atoms with van der Waals surface area (Å²) in [7, 11) is 0. The molecule has 2 saturated heterocycles. The van der Waals surface area contributed by atoms with E-state index in [1.807, 2.05) is 26.8 Å². The van der Waals surface area contributed by atoms with Gasteiger partial charge in [0.1, 0.15) is 18.0 Å². The molecular weight excluding hydrogens is 412 g/mol. The number of hydrogen-bond donors (Lipinski definition) is 2. The summed E-state index contributed by atoms with van der Waals surface area (Å²) in [5.74, 6) is -0.143. The van der Waals surface area contributed by atoms with Gasteiger partial charge in [0.2, 0.25) is 0 Å². The second-order valence-corrected chi connectivity index (χ2v) is 9.29. The normalized spacial score (nSPS) is 40.1. The quantitative estimate of drug-likeness (QED) is 0.634. The molecule has 1 aromatic rings. The Morgan fingerprint density at radius 1 is 1.00 bits per heavy atom. The fourth-order valence-corrected chi connectivity index (χ4v) is 5.08. The molecule has 2 fully saturated rings. The number of ether oxygens (including phenoxy) is 4. The van der Waals surface area contributed by atoms with Crippen LogP contribution in [0.15, 0.2) is 24.3 Å². The summed E-state index contributed by atoms with van der Waals surface area (Å²) < 4.78 is 24.6. The zero-order valence-corrected chi connectivity index (χ0v) is 19.9. The number of aliphatic hydroxyl groups excluding tert-OH is 1. The van der Waals surface area contributed by atoms with Crippen molar-refractivity contribution in [3.05, 3.63) is 29.8 Å². The molecule has 3 rings (SSSR count). The first kappa shape index (κ1) is 25.0. The molecule has 10 atom stereocenters. The standard InChI is InChI=1S/C25H38O7/c1-7-19-13(3)14(4)23(29-16(6)26)25(31-19)32-22-15(5)20(8-2)30-24(21(22)28)17-10-9-11-18(27)12-17/h9-15,19-25,27-28H,7-8H2,1-6H3/t13-,14-,15+,19+,20+,21-,22-,23-,24+,25+/m0/s1. The van der Waals surface area contributed by atoms with Crippen molar-refractivity contribution in [3.63, 3.8) is 0 Å². The summed E-state index contributed by atoms with van der Waals surface area (Å²) in [5, 5.41) is 21.2. The Morgan fingerprint density at radius 2 is 1.66 bits per heavy atom. The highest BCUT2D eigenvalue weighted by atomic mass is 16.7. The number of hydrogen-bond acceptors (Lipinski definition) is 7. The second-order valence-electron chi connectivity index (χ2n) is 9.29. The molecule has 32 heavy (non-hydrogen) atoms. The van der Waals surface area contributed by atoms with Gasteiger partial charge in [-0.25, -0.2) is 0 Å². The lowest BCUT2D eigenvalue weighted by Crippen LogP contribution is -2.57. The van der Waals surface area contributed by atoms with Gasteiger partial charge in [0.05, 0.1) is 18.3 Å². The smallest absolute Gasteiger partial charge is 0.303 e. The van der Waals surface area contributed by atoms with Gasteiger partial charge >= 0.3 is 5.97 Å². The van der Waals surface area contributed by atoms with Gasteiger partial charge in [-0.2, -0.15) is 0 Å². The van der Waals surface area contributed by atoms with Gasteiger partial charge in [0.15, 0.2) is 12.4 Å². The van der Waals surface area contributed by atoms with Crippen molar-refractivity contribution in [1.29, 1.82) is 0 Å². The van der Waals surface area contributed by atoms with E-state index in [0.29, 0.717) is 5.56 Å². The highest BCUT2D eigenvalue weighted by Crippen LogP contribution is 2.41. The fraction of sp³-hybridized carbons (Fsp3) is 0.720. The van der Waals surface area contributed by atoms with Gasteiger partial charge < -0.3 is 29.2 Å². The van der Waals surface area contributed by atoms with Crippen molar-refractivity contribution in [2.75, 3.05) is 0 Å². The molecule has 7 nitrogen and oxygen atoms in total. The van der Waals surface area contributed by atoms with E-state index in [1.54, 1.807) is 18.2 Å². The van der Waals surface area contributed by atoms with Gasteiger partial charge in [-0.15, -0.1) is 0 Å². The van der Waals surface area contributed by atoms with Crippen molar-refractivity contribution in [3.8, 4) is 5.75 Å². The number of carbonyl (C=O) groups excluding carboxylic acids is 1. The van der Waals surface area contributed by atoms with Crippen LogP contribution < -0.4 is 0 Å². The number of carbonyl (C=O) groups is 1. The van der Waals surface area contributed by atoms with Crippen LogP contribution in [0.1, 0.15) is 66.1 Å². The van der Waals surface area contributed by atoms with E-state index in [1.165, 1.54) is 6.92 Å². The Hall–Kier alpha value is -1.67. The molecule has 2 N–H and O–H groups in total. The molecule has 0 amide bonds. The van der Waals surface area contributed by atoms with Crippen LogP contribution in [0.4, 0.5) is 0 Å². The zero-order chi connectivity index (χ0) is 23.6. The summed E-state index contributed by atoms with van der Waals surface area (Å²) in [6.07, 6.45) is -2.19. The minimum Gasteiger partial charge on any atom is -0.508 e. The summed E-state index contributed by atoms with van der Waals surface area (Å²) in [5.41, 5.74) is 0.686. The first-order valence-corrected chi connectivity index (χ1v) is 11.8. The summed E-state index contributed by atoms with van der Waals surface area (Å²) >= 11 is 0. The van der Waals surface area contributed by atoms with Gasteiger partial charge in [0, 0.05) is 18.8 Å². The first-order valence-electron chi connectivity index (χ1n) is 11.8. The predicted octanol–water partition coefficient (Wildman–Crippen LogP) is 3.96. The third kappa shape index (κ3) is 5.11. The molecule has 0 saturated carbocycles. The molecule has 2 aliphatic heterocycles. The lowest BCUT2D eigenvalue weighted by Gasteiger charge is -2.48. The number of benzene rings is 1. The number of phenolic OH excluding ortho intramolecular Hbond substituents is 1. The third-order valence-electron chi connectivity index (χ3n) is 7.18. The number of aliphatic hydroxyl groups is 1. The Balaban J connectivity index is 1.89. The molecule has 0 aliphatic carbocycles. The number of phenols is 1. The van der Waals surface area contributed by atoms with Crippen molar-refractivity contribution >= 4 is 5.97 Å². The lowest BCUT2D eigenvalue weighted by molar-refractivity contribution is -0.320. The van der Waals surface area contributed by atoms with E-state index < -0.39 is 30.7 Å². The summed E-state index contributed by atoms with van der Waals surface area (Å²) in [6, 6.07) is 6.73. The van der Waals surface area contributed by atoms with Gasteiger partial charge in [-0.1, -0.05) is 46.8 Å². The topological polar surface area (TPSA) is 94.5 Å². The minimum absolute atomic E-state index is 0.0297. The molecule has 0 unspecified atom stereocenters. The molecule has 2 aliphatic rings. The Labute approximate surface area is 191 Å². The minimum atomic E-state index is -0.981. The maximum Gasteiger partial charge on any atom is 0.303 e. The van der Waals surface area contributed by atoms with Crippen molar-refractivity contribution in [2.24, 2.45) is 17.8 Å². The van der Waals surface area contributed by atoms with Crippen LogP contribution in [-0.2, 0) is 23.7 Å². The molecule has 1 aromatic carbocycles. The van der Waals surface area contributed by atoms with E-state index in [9.17, 15) is 15.0 Å². The Kier molecular flexibility index (Phi) is 8.20. The van der Waals surface area contributed by atoms with Crippen LogP contribution in [0.5, 0.6) is 5.75 Å². The van der Waals surface area contributed by atoms with Crippen molar-refractivity contribution < 1.29 is 34.0 Å². The first-order chi connectivity index (χ1) is 15.2. The summed E-state index contributed by atoms with van der Waals surface area (Å²) in [6.45, 7) is 11.6. The average Bonchev–Trinajstić information content (AvgIpc) is 2.75. The van der Waals surface area contributed by atoms with Crippen LogP contribution in [0, 0.1) is 17.8 Å². The maximum absolute atomic E-state index is 11.8. The van der Waals surface area contributed by atoms with Crippen LogP contribution in [-0.4, -0.2) is 53.0 Å².